The number of nitrogens with zero attached hydrogens (tertiary/aromatic N) is 2. The molecule has 0 saturated heterocycles. The zero-order chi connectivity index (χ0) is 13.0. The number of hydrogen-bond acceptors (Lipinski definition) is 6. The van der Waals surface area contributed by atoms with Crippen LogP contribution in [-0.2, 0) is 0 Å². The van der Waals surface area contributed by atoms with E-state index < -0.39 is 6.10 Å². The van der Waals surface area contributed by atoms with Crippen molar-refractivity contribution >= 4 is 22.3 Å². The SMILES string of the molecule is CCCNc1nc(N)c(C(O)c2cccnc2)s1. The summed E-state index contributed by atoms with van der Waals surface area (Å²) in [6.07, 6.45) is 3.54. The van der Waals surface area contributed by atoms with Gasteiger partial charge in [-0.25, -0.2) is 4.98 Å². The van der Waals surface area contributed by atoms with Crippen molar-refractivity contribution in [1.82, 2.24) is 9.97 Å². The highest BCUT2D eigenvalue weighted by Gasteiger charge is 2.18. The molecule has 0 saturated carbocycles. The third-order valence-corrected chi connectivity index (χ3v) is 3.54. The number of anilines is 2. The van der Waals surface area contributed by atoms with Gasteiger partial charge in [0.1, 0.15) is 11.9 Å². The summed E-state index contributed by atoms with van der Waals surface area (Å²) in [5.74, 6) is 0.370. The van der Waals surface area contributed by atoms with Gasteiger partial charge in [0, 0.05) is 24.5 Å². The lowest BCUT2D eigenvalue weighted by Gasteiger charge is -2.08. The lowest BCUT2D eigenvalue weighted by molar-refractivity contribution is 0.224. The molecule has 0 radical (unpaired) electrons. The van der Waals surface area contributed by atoms with Crippen LogP contribution in [0.3, 0.4) is 0 Å². The van der Waals surface area contributed by atoms with Crippen molar-refractivity contribution in [3.63, 3.8) is 0 Å². The maximum Gasteiger partial charge on any atom is 0.185 e. The minimum Gasteiger partial charge on any atom is -0.383 e. The van der Waals surface area contributed by atoms with Gasteiger partial charge in [-0.15, -0.1) is 0 Å². The quantitative estimate of drug-likeness (QED) is 0.769. The van der Waals surface area contributed by atoms with Gasteiger partial charge in [0.2, 0.25) is 0 Å². The predicted octanol–water partition coefficient (Wildman–Crippen LogP) is 2.02. The first-order valence-corrected chi connectivity index (χ1v) is 6.62. The number of aromatic nitrogens is 2. The Labute approximate surface area is 110 Å². The molecule has 1 atom stereocenters. The molecular weight excluding hydrogens is 248 g/mol. The van der Waals surface area contributed by atoms with Gasteiger partial charge >= 0.3 is 0 Å². The Hall–Kier alpha value is -1.66. The minimum atomic E-state index is -0.770. The third kappa shape index (κ3) is 2.77. The Morgan fingerprint density at radius 3 is 3.06 bits per heavy atom. The van der Waals surface area contributed by atoms with Crippen LogP contribution in [-0.4, -0.2) is 21.6 Å². The van der Waals surface area contributed by atoms with Crippen LogP contribution >= 0.6 is 11.3 Å². The van der Waals surface area contributed by atoms with E-state index in [1.807, 2.05) is 6.07 Å². The highest BCUT2D eigenvalue weighted by molar-refractivity contribution is 7.16. The Morgan fingerprint density at radius 1 is 1.56 bits per heavy atom. The molecule has 6 heteroatoms. The number of aliphatic hydroxyl groups is 1. The van der Waals surface area contributed by atoms with Crippen molar-refractivity contribution in [1.29, 1.82) is 0 Å². The summed E-state index contributed by atoms with van der Waals surface area (Å²) in [6.45, 7) is 2.92. The molecule has 18 heavy (non-hydrogen) atoms. The lowest BCUT2D eigenvalue weighted by Crippen LogP contribution is -2.01. The van der Waals surface area contributed by atoms with Crippen LogP contribution in [0, 0.1) is 0 Å². The fraction of sp³-hybridized carbons (Fsp3) is 0.333. The van der Waals surface area contributed by atoms with Crippen LogP contribution in [0.4, 0.5) is 10.9 Å². The summed E-state index contributed by atoms with van der Waals surface area (Å²) in [5, 5.41) is 14.1. The summed E-state index contributed by atoms with van der Waals surface area (Å²) >= 11 is 1.38. The van der Waals surface area contributed by atoms with E-state index in [1.54, 1.807) is 18.5 Å². The fourth-order valence-corrected chi connectivity index (χ4v) is 2.46. The van der Waals surface area contributed by atoms with Crippen molar-refractivity contribution in [2.45, 2.75) is 19.4 Å². The Balaban J connectivity index is 2.20. The summed E-state index contributed by atoms with van der Waals surface area (Å²) < 4.78 is 0. The van der Waals surface area contributed by atoms with E-state index in [0.29, 0.717) is 10.7 Å². The Bertz CT molecular complexity index is 500. The number of thiazole rings is 1. The van der Waals surface area contributed by atoms with Crippen molar-refractivity contribution in [2.75, 3.05) is 17.6 Å². The first-order valence-electron chi connectivity index (χ1n) is 5.80. The second kappa shape index (κ2) is 5.79. The van der Waals surface area contributed by atoms with Crippen LogP contribution < -0.4 is 11.1 Å². The molecule has 0 aliphatic heterocycles. The van der Waals surface area contributed by atoms with Crippen molar-refractivity contribution in [3.05, 3.63) is 35.0 Å². The summed E-state index contributed by atoms with van der Waals surface area (Å²) in [6, 6.07) is 3.60. The number of nitrogens with two attached hydrogens (primary N) is 1. The van der Waals surface area contributed by atoms with E-state index in [-0.39, 0.29) is 0 Å². The average Bonchev–Trinajstić information content (AvgIpc) is 2.78. The number of aliphatic hydroxyl groups excluding tert-OH is 1. The van der Waals surface area contributed by atoms with E-state index in [4.69, 9.17) is 5.73 Å². The second-order valence-electron chi connectivity index (χ2n) is 3.88. The molecular formula is C12H16N4OS. The molecule has 96 valence electrons. The van der Waals surface area contributed by atoms with Crippen LogP contribution in [0.5, 0.6) is 0 Å². The summed E-state index contributed by atoms with van der Waals surface area (Å²) in [5.41, 5.74) is 6.55. The smallest absolute Gasteiger partial charge is 0.185 e. The molecule has 0 aliphatic carbocycles. The van der Waals surface area contributed by atoms with Gasteiger partial charge in [0.25, 0.3) is 0 Å². The first-order chi connectivity index (χ1) is 8.72. The van der Waals surface area contributed by atoms with Gasteiger partial charge in [0.15, 0.2) is 5.13 Å². The molecule has 0 bridgehead atoms. The van der Waals surface area contributed by atoms with E-state index in [1.165, 1.54) is 11.3 Å². The minimum absolute atomic E-state index is 0.370. The first kappa shape index (κ1) is 12.8. The van der Waals surface area contributed by atoms with Gasteiger partial charge in [-0.05, 0) is 12.5 Å². The second-order valence-corrected chi connectivity index (χ2v) is 4.91. The molecule has 2 aromatic rings. The topological polar surface area (TPSA) is 84.1 Å². The lowest BCUT2D eigenvalue weighted by atomic mass is 10.1. The third-order valence-electron chi connectivity index (χ3n) is 2.46. The van der Waals surface area contributed by atoms with Crippen molar-refractivity contribution in [3.8, 4) is 0 Å². The van der Waals surface area contributed by atoms with Crippen LogP contribution in [0.25, 0.3) is 0 Å². The molecule has 0 fully saturated rings. The molecule has 2 rings (SSSR count). The van der Waals surface area contributed by atoms with E-state index in [0.717, 1.165) is 23.7 Å². The monoisotopic (exact) mass is 264 g/mol. The fourth-order valence-electron chi connectivity index (χ4n) is 1.54. The van der Waals surface area contributed by atoms with Gasteiger partial charge in [-0.1, -0.05) is 24.3 Å². The number of nitrogen functional groups attached to an aromatic ring is 1. The van der Waals surface area contributed by atoms with Gasteiger partial charge in [0.05, 0.1) is 4.88 Å². The van der Waals surface area contributed by atoms with Gasteiger partial charge < -0.3 is 16.2 Å². The Morgan fingerprint density at radius 2 is 2.39 bits per heavy atom. The summed E-state index contributed by atoms with van der Waals surface area (Å²) in [7, 11) is 0. The van der Waals surface area contributed by atoms with Crippen LogP contribution in [0.15, 0.2) is 24.5 Å². The van der Waals surface area contributed by atoms with Crippen molar-refractivity contribution in [2.24, 2.45) is 0 Å². The van der Waals surface area contributed by atoms with Crippen LogP contribution in [0.1, 0.15) is 29.9 Å². The predicted molar refractivity (Wildman–Crippen MR) is 73.6 cm³/mol. The van der Waals surface area contributed by atoms with Crippen molar-refractivity contribution < 1.29 is 5.11 Å². The average molecular weight is 264 g/mol. The number of hydrogen-bond donors (Lipinski definition) is 3. The van der Waals surface area contributed by atoms with Gasteiger partial charge in [-0.2, -0.15) is 0 Å². The maximum absolute atomic E-state index is 10.2. The standard InChI is InChI=1S/C12H16N4OS/c1-2-5-15-12-16-11(13)10(18-12)9(17)8-4-3-6-14-7-8/h3-4,6-7,9,17H,2,5,13H2,1H3,(H,15,16). The van der Waals surface area contributed by atoms with Crippen LogP contribution in [0.2, 0.25) is 0 Å². The number of rotatable bonds is 5. The summed E-state index contributed by atoms with van der Waals surface area (Å²) in [4.78, 5) is 8.84. The zero-order valence-electron chi connectivity index (χ0n) is 10.1. The molecule has 0 amide bonds. The highest BCUT2D eigenvalue weighted by Crippen LogP contribution is 2.33. The molecule has 4 N–H and O–H groups in total. The molecule has 0 aromatic carbocycles. The maximum atomic E-state index is 10.2. The molecule has 1 unspecified atom stereocenters. The van der Waals surface area contributed by atoms with Gasteiger partial charge in [-0.3, -0.25) is 4.98 Å². The van der Waals surface area contributed by atoms with E-state index in [2.05, 4.69) is 22.2 Å². The molecule has 0 aliphatic rings. The molecule has 0 spiro atoms. The van der Waals surface area contributed by atoms with E-state index >= 15 is 0 Å². The normalized spacial score (nSPS) is 12.3. The molecule has 2 aromatic heterocycles. The number of nitrogens with one attached hydrogen (secondary N) is 1. The Kier molecular flexibility index (Phi) is 4.11. The molecule has 5 nitrogen and oxygen atoms in total. The largest absolute Gasteiger partial charge is 0.383 e. The molecule has 2 heterocycles. The van der Waals surface area contributed by atoms with E-state index in [9.17, 15) is 5.11 Å². The zero-order valence-corrected chi connectivity index (χ0v) is 10.9. The highest BCUT2D eigenvalue weighted by atomic mass is 32.1. The number of pyridine rings is 1.